The Kier molecular flexibility index (Phi) is 4.66. The number of aromatic nitrogens is 1. The van der Waals surface area contributed by atoms with Crippen molar-refractivity contribution in [3.63, 3.8) is 0 Å². The summed E-state index contributed by atoms with van der Waals surface area (Å²) in [6, 6.07) is 17.5. The molecule has 0 saturated carbocycles. The molecule has 1 aromatic heterocycles. The molecule has 1 saturated heterocycles. The quantitative estimate of drug-likeness (QED) is 0.588. The number of nitrogens with zero attached hydrogens (tertiary/aromatic N) is 2. The van der Waals surface area contributed by atoms with Gasteiger partial charge in [-0.3, -0.25) is 15.2 Å². The van der Waals surface area contributed by atoms with Crippen LogP contribution in [0, 0.1) is 5.92 Å². The lowest BCUT2D eigenvalue weighted by atomic mass is 9.90. The minimum Gasteiger partial charge on any atom is -0.454 e. The van der Waals surface area contributed by atoms with Crippen LogP contribution in [-0.2, 0) is 6.54 Å². The van der Waals surface area contributed by atoms with Crippen LogP contribution in [0.4, 0.5) is 5.69 Å². The zero-order valence-corrected chi connectivity index (χ0v) is 17.3. The molecule has 3 unspecified atom stereocenters. The van der Waals surface area contributed by atoms with Crippen LogP contribution in [0.5, 0.6) is 11.5 Å². The van der Waals surface area contributed by atoms with Gasteiger partial charge in [0.2, 0.25) is 6.79 Å². The fourth-order valence-corrected chi connectivity index (χ4v) is 4.75. The number of rotatable bonds is 4. The number of amides is 1. The first-order valence-corrected chi connectivity index (χ1v) is 10.7. The molecule has 3 N–H and O–H groups in total. The standard InChI is InChI=1S/C24H23N5O3/c30-24-17-5-1-2-6-19(17)27-23(18-12-26-28-22(18)16-4-3-9-25-11-16)29(24)13-15-7-8-20-21(10-15)32-14-31-20/h1-11,18,22-23,26-28H,12-14H2. The normalized spacial score (nSPS) is 23.7. The van der Waals surface area contributed by atoms with Crippen molar-refractivity contribution in [1.82, 2.24) is 20.7 Å². The summed E-state index contributed by atoms with van der Waals surface area (Å²) in [7, 11) is 0. The molecule has 1 fully saturated rings. The number of carbonyl (C=O) groups is 1. The average molecular weight is 429 g/mol. The molecule has 0 bridgehead atoms. The number of fused-ring (bicyclic) bond motifs is 2. The zero-order chi connectivity index (χ0) is 21.5. The fraction of sp³-hybridized carbons (Fsp3) is 0.250. The van der Waals surface area contributed by atoms with E-state index >= 15 is 0 Å². The Morgan fingerprint density at radius 1 is 1.06 bits per heavy atom. The van der Waals surface area contributed by atoms with Gasteiger partial charge in [-0.15, -0.1) is 0 Å². The predicted molar refractivity (Wildman–Crippen MR) is 118 cm³/mol. The number of pyridine rings is 1. The van der Waals surface area contributed by atoms with E-state index in [1.807, 2.05) is 59.6 Å². The minimum absolute atomic E-state index is 0.0125. The molecule has 0 spiro atoms. The van der Waals surface area contributed by atoms with E-state index in [1.165, 1.54) is 0 Å². The largest absolute Gasteiger partial charge is 0.454 e. The number of nitrogens with one attached hydrogen (secondary N) is 3. The Labute approximate surface area is 185 Å². The van der Waals surface area contributed by atoms with Crippen molar-refractivity contribution in [3.8, 4) is 11.5 Å². The summed E-state index contributed by atoms with van der Waals surface area (Å²) in [5.41, 5.74) is 10.3. The molecule has 3 aliphatic heterocycles. The molecule has 0 radical (unpaired) electrons. The van der Waals surface area contributed by atoms with Crippen molar-refractivity contribution in [1.29, 1.82) is 0 Å². The lowest BCUT2D eigenvalue weighted by molar-refractivity contribution is 0.0598. The molecule has 4 heterocycles. The Balaban J connectivity index is 1.37. The van der Waals surface area contributed by atoms with E-state index in [9.17, 15) is 4.79 Å². The molecular formula is C24H23N5O3. The smallest absolute Gasteiger partial charge is 0.257 e. The number of ether oxygens (including phenoxy) is 2. The van der Waals surface area contributed by atoms with Gasteiger partial charge in [0.15, 0.2) is 11.5 Å². The monoisotopic (exact) mass is 429 g/mol. The SMILES string of the molecule is O=C1c2ccccc2NC(C2CNNC2c2cccnc2)N1Cc1ccc2c(c1)OCO2. The van der Waals surface area contributed by atoms with Gasteiger partial charge in [0.1, 0.15) is 6.17 Å². The first kappa shape index (κ1) is 19.1. The van der Waals surface area contributed by atoms with Gasteiger partial charge in [-0.05, 0) is 41.5 Å². The number of hydrazine groups is 1. The van der Waals surface area contributed by atoms with Crippen molar-refractivity contribution in [3.05, 3.63) is 83.7 Å². The molecule has 1 amide bonds. The van der Waals surface area contributed by atoms with Gasteiger partial charge in [0.05, 0.1) is 11.6 Å². The molecule has 2 aromatic carbocycles. The fourth-order valence-electron chi connectivity index (χ4n) is 4.75. The van der Waals surface area contributed by atoms with Crippen molar-refractivity contribution >= 4 is 11.6 Å². The van der Waals surface area contributed by atoms with E-state index in [2.05, 4.69) is 27.2 Å². The van der Waals surface area contributed by atoms with E-state index in [4.69, 9.17) is 9.47 Å². The van der Waals surface area contributed by atoms with Crippen LogP contribution in [-0.4, -0.2) is 35.3 Å². The van der Waals surface area contributed by atoms with Gasteiger partial charge in [0, 0.05) is 37.1 Å². The second-order valence-corrected chi connectivity index (χ2v) is 8.21. The molecule has 3 aromatic rings. The second kappa shape index (κ2) is 7.81. The summed E-state index contributed by atoms with van der Waals surface area (Å²) in [4.78, 5) is 19.8. The van der Waals surface area contributed by atoms with E-state index in [0.29, 0.717) is 24.4 Å². The first-order valence-electron chi connectivity index (χ1n) is 10.7. The van der Waals surface area contributed by atoms with E-state index in [1.54, 1.807) is 6.20 Å². The third-order valence-corrected chi connectivity index (χ3v) is 6.32. The molecule has 3 aliphatic rings. The van der Waals surface area contributed by atoms with Crippen molar-refractivity contribution < 1.29 is 14.3 Å². The van der Waals surface area contributed by atoms with Crippen molar-refractivity contribution in [2.24, 2.45) is 5.92 Å². The number of carbonyl (C=O) groups excluding carboxylic acids is 1. The van der Waals surface area contributed by atoms with Gasteiger partial charge in [-0.2, -0.15) is 0 Å². The highest BCUT2D eigenvalue weighted by Crippen LogP contribution is 2.37. The number of para-hydroxylation sites is 1. The first-order chi connectivity index (χ1) is 15.8. The maximum absolute atomic E-state index is 13.6. The highest BCUT2D eigenvalue weighted by molar-refractivity contribution is 6.01. The Morgan fingerprint density at radius 3 is 2.88 bits per heavy atom. The molecule has 0 aliphatic carbocycles. The molecular weight excluding hydrogens is 406 g/mol. The Bertz CT molecular complexity index is 1160. The van der Waals surface area contributed by atoms with Crippen molar-refractivity contribution in [2.75, 3.05) is 18.7 Å². The van der Waals surface area contributed by atoms with Gasteiger partial charge in [-0.25, -0.2) is 5.43 Å². The number of anilines is 1. The van der Waals surface area contributed by atoms with Crippen LogP contribution in [0.15, 0.2) is 67.0 Å². The molecule has 32 heavy (non-hydrogen) atoms. The van der Waals surface area contributed by atoms with Crippen LogP contribution < -0.4 is 25.6 Å². The minimum atomic E-state index is -0.212. The Hall–Kier alpha value is -3.62. The highest BCUT2D eigenvalue weighted by Gasteiger charge is 2.42. The van der Waals surface area contributed by atoms with E-state index in [-0.39, 0.29) is 30.8 Å². The van der Waals surface area contributed by atoms with Crippen LogP contribution in [0.3, 0.4) is 0 Å². The second-order valence-electron chi connectivity index (χ2n) is 8.21. The highest BCUT2D eigenvalue weighted by atomic mass is 16.7. The average Bonchev–Trinajstić information content (AvgIpc) is 3.51. The maximum Gasteiger partial charge on any atom is 0.257 e. The summed E-state index contributed by atoms with van der Waals surface area (Å²) >= 11 is 0. The third kappa shape index (κ3) is 3.24. The molecule has 8 nitrogen and oxygen atoms in total. The van der Waals surface area contributed by atoms with Gasteiger partial charge >= 0.3 is 0 Å². The van der Waals surface area contributed by atoms with Gasteiger partial charge in [-0.1, -0.05) is 24.3 Å². The summed E-state index contributed by atoms with van der Waals surface area (Å²) in [5, 5.41) is 3.64. The summed E-state index contributed by atoms with van der Waals surface area (Å²) in [6.07, 6.45) is 3.43. The lowest BCUT2D eigenvalue weighted by Crippen LogP contribution is -2.53. The topological polar surface area (TPSA) is 87.8 Å². The maximum atomic E-state index is 13.6. The van der Waals surface area contributed by atoms with Crippen LogP contribution in [0.2, 0.25) is 0 Å². The van der Waals surface area contributed by atoms with Crippen LogP contribution in [0.25, 0.3) is 0 Å². The van der Waals surface area contributed by atoms with Gasteiger partial charge in [0.25, 0.3) is 5.91 Å². The van der Waals surface area contributed by atoms with Crippen LogP contribution in [0.1, 0.15) is 27.5 Å². The predicted octanol–water partition coefficient (Wildman–Crippen LogP) is 2.67. The number of hydrogen-bond acceptors (Lipinski definition) is 7. The molecule has 3 atom stereocenters. The molecule has 6 rings (SSSR count). The lowest BCUT2D eigenvalue weighted by Gasteiger charge is -2.42. The molecule has 162 valence electrons. The van der Waals surface area contributed by atoms with E-state index < -0.39 is 0 Å². The number of benzene rings is 2. The summed E-state index contributed by atoms with van der Waals surface area (Å²) < 4.78 is 11.0. The Morgan fingerprint density at radius 2 is 1.97 bits per heavy atom. The van der Waals surface area contributed by atoms with E-state index in [0.717, 1.165) is 22.6 Å². The summed E-state index contributed by atoms with van der Waals surface area (Å²) in [6.45, 7) is 1.40. The summed E-state index contributed by atoms with van der Waals surface area (Å²) in [5.74, 6) is 1.55. The number of hydrogen-bond donors (Lipinski definition) is 3. The third-order valence-electron chi connectivity index (χ3n) is 6.32. The zero-order valence-electron chi connectivity index (χ0n) is 17.3. The molecule has 8 heteroatoms. The van der Waals surface area contributed by atoms with Crippen molar-refractivity contribution in [2.45, 2.75) is 18.8 Å². The van der Waals surface area contributed by atoms with Gasteiger partial charge < -0.3 is 19.7 Å². The van der Waals surface area contributed by atoms with Crippen LogP contribution >= 0.6 is 0 Å².